The number of aliphatic hydroxyl groups is 1. The Kier molecular flexibility index (Phi) is 3.79. The van der Waals surface area contributed by atoms with Crippen LogP contribution in [0.15, 0.2) is 42.7 Å². The Morgan fingerprint density at radius 1 is 1.28 bits per heavy atom. The number of benzene rings is 1. The molecule has 0 saturated heterocycles. The quantitative estimate of drug-likeness (QED) is 0.897. The fourth-order valence-electron chi connectivity index (χ4n) is 1.58. The minimum atomic E-state index is -0.0643. The van der Waals surface area contributed by atoms with E-state index in [-0.39, 0.29) is 6.61 Å². The van der Waals surface area contributed by atoms with Crippen LogP contribution in [0.25, 0.3) is 0 Å². The van der Waals surface area contributed by atoms with Crippen molar-refractivity contribution in [3.63, 3.8) is 0 Å². The van der Waals surface area contributed by atoms with Gasteiger partial charge in [0.2, 0.25) is 0 Å². The molecular weight excluding hydrogens is 228 g/mol. The number of hydrogen-bond acceptors (Lipinski definition) is 4. The Morgan fingerprint density at radius 2 is 2.11 bits per heavy atom. The predicted octanol–water partition coefficient (Wildman–Crippen LogP) is 2.43. The lowest BCUT2D eigenvalue weighted by atomic mass is 10.2. The molecule has 0 aliphatic rings. The van der Waals surface area contributed by atoms with Crippen molar-refractivity contribution in [2.75, 3.05) is 19.0 Å². The monoisotopic (exact) mass is 244 g/mol. The lowest BCUT2D eigenvalue weighted by molar-refractivity contribution is 0.276. The van der Waals surface area contributed by atoms with Crippen molar-refractivity contribution in [1.82, 2.24) is 4.98 Å². The summed E-state index contributed by atoms with van der Waals surface area (Å²) in [6.45, 7) is -0.0643. The molecule has 1 aromatic carbocycles. The molecule has 4 heteroatoms. The molecule has 2 aromatic rings. The van der Waals surface area contributed by atoms with E-state index in [4.69, 9.17) is 4.74 Å². The van der Waals surface area contributed by atoms with E-state index in [0.717, 1.165) is 17.0 Å². The van der Waals surface area contributed by atoms with E-state index in [2.05, 4.69) is 4.98 Å². The van der Waals surface area contributed by atoms with E-state index >= 15 is 0 Å². The second kappa shape index (κ2) is 5.51. The average Bonchev–Trinajstić information content (AvgIpc) is 2.39. The van der Waals surface area contributed by atoms with E-state index in [9.17, 15) is 5.11 Å². The van der Waals surface area contributed by atoms with Crippen LogP contribution in [-0.4, -0.2) is 24.2 Å². The van der Waals surface area contributed by atoms with Crippen LogP contribution >= 0.6 is 0 Å². The van der Waals surface area contributed by atoms with Crippen molar-refractivity contribution in [2.45, 2.75) is 6.61 Å². The van der Waals surface area contributed by atoms with Crippen LogP contribution < -0.4 is 9.64 Å². The highest BCUT2D eigenvalue weighted by atomic mass is 16.5. The molecule has 1 heterocycles. The number of rotatable bonds is 4. The van der Waals surface area contributed by atoms with Crippen molar-refractivity contribution < 1.29 is 9.84 Å². The Hall–Kier alpha value is -2.07. The van der Waals surface area contributed by atoms with E-state index in [0.29, 0.717) is 5.75 Å². The zero-order chi connectivity index (χ0) is 13.0. The lowest BCUT2D eigenvalue weighted by Gasteiger charge is -2.14. The largest absolute Gasteiger partial charge is 0.455 e. The van der Waals surface area contributed by atoms with Gasteiger partial charge in [0, 0.05) is 37.6 Å². The molecule has 2 rings (SSSR count). The van der Waals surface area contributed by atoms with Crippen LogP contribution in [0.2, 0.25) is 0 Å². The Labute approximate surface area is 106 Å². The van der Waals surface area contributed by atoms with Crippen molar-refractivity contribution in [1.29, 1.82) is 0 Å². The highest BCUT2D eigenvalue weighted by Crippen LogP contribution is 2.27. The number of hydrogen-bond donors (Lipinski definition) is 1. The molecule has 0 amide bonds. The number of nitrogens with zero attached hydrogens (tertiary/aromatic N) is 2. The Bertz CT molecular complexity index is 527. The maximum atomic E-state index is 9.22. The van der Waals surface area contributed by atoms with Crippen LogP contribution in [0.3, 0.4) is 0 Å². The van der Waals surface area contributed by atoms with Crippen LogP contribution in [-0.2, 0) is 6.61 Å². The molecule has 0 atom stereocenters. The average molecular weight is 244 g/mol. The van der Waals surface area contributed by atoms with Crippen LogP contribution in [0.1, 0.15) is 5.56 Å². The first-order valence-corrected chi connectivity index (χ1v) is 5.69. The summed E-state index contributed by atoms with van der Waals surface area (Å²) in [6.07, 6.45) is 3.24. The molecule has 0 radical (unpaired) electrons. The molecule has 0 bridgehead atoms. The van der Waals surface area contributed by atoms with E-state index in [1.165, 1.54) is 0 Å². The number of aliphatic hydroxyl groups excluding tert-OH is 1. The molecule has 1 N–H and O–H groups in total. The van der Waals surface area contributed by atoms with Gasteiger partial charge >= 0.3 is 0 Å². The normalized spacial score (nSPS) is 10.2. The van der Waals surface area contributed by atoms with Crippen molar-refractivity contribution >= 4 is 5.69 Å². The molecule has 0 aliphatic heterocycles. The predicted molar refractivity (Wildman–Crippen MR) is 71.0 cm³/mol. The molecular formula is C14H16N2O2. The summed E-state index contributed by atoms with van der Waals surface area (Å²) in [6, 6.07) is 9.49. The van der Waals surface area contributed by atoms with Gasteiger partial charge in [0.1, 0.15) is 5.75 Å². The summed E-state index contributed by atoms with van der Waals surface area (Å²) in [7, 11) is 3.95. The zero-order valence-corrected chi connectivity index (χ0v) is 10.5. The van der Waals surface area contributed by atoms with Gasteiger partial charge in [-0.15, -0.1) is 0 Å². The van der Waals surface area contributed by atoms with E-state index < -0.39 is 0 Å². The van der Waals surface area contributed by atoms with Gasteiger partial charge < -0.3 is 14.7 Å². The molecule has 0 spiro atoms. The molecule has 94 valence electrons. The maximum Gasteiger partial charge on any atom is 0.151 e. The number of ether oxygens (including phenoxy) is 1. The van der Waals surface area contributed by atoms with Gasteiger partial charge in [-0.1, -0.05) is 6.07 Å². The molecule has 18 heavy (non-hydrogen) atoms. The van der Waals surface area contributed by atoms with Gasteiger partial charge in [0.25, 0.3) is 0 Å². The molecule has 0 saturated carbocycles. The van der Waals surface area contributed by atoms with Gasteiger partial charge in [0.15, 0.2) is 5.75 Å². The standard InChI is InChI=1S/C14H16N2O2/c1-16(2)12-4-3-5-13(8-12)18-14-9-15-7-6-11(14)10-17/h3-9,17H,10H2,1-2H3. The SMILES string of the molecule is CN(C)c1cccc(Oc2cnccc2CO)c1. The topological polar surface area (TPSA) is 45.6 Å². The van der Waals surface area contributed by atoms with E-state index in [1.807, 2.05) is 43.3 Å². The second-order valence-electron chi connectivity index (χ2n) is 4.14. The summed E-state index contributed by atoms with van der Waals surface area (Å²) in [5, 5.41) is 9.22. The highest BCUT2D eigenvalue weighted by molar-refractivity contribution is 5.50. The first-order chi connectivity index (χ1) is 8.70. The Morgan fingerprint density at radius 3 is 2.83 bits per heavy atom. The molecule has 0 aliphatic carbocycles. The number of anilines is 1. The van der Waals surface area contributed by atoms with Crippen molar-refractivity contribution in [2.24, 2.45) is 0 Å². The van der Waals surface area contributed by atoms with Gasteiger partial charge in [0.05, 0.1) is 12.8 Å². The summed E-state index contributed by atoms with van der Waals surface area (Å²) < 4.78 is 5.74. The third-order valence-electron chi connectivity index (χ3n) is 2.60. The maximum absolute atomic E-state index is 9.22. The van der Waals surface area contributed by atoms with E-state index in [1.54, 1.807) is 18.5 Å². The van der Waals surface area contributed by atoms with Crippen LogP contribution in [0.4, 0.5) is 5.69 Å². The minimum absolute atomic E-state index is 0.0643. The van der Waals surface area contributed by atoms with Gasteiger partial charge in [-0.25, -0.2) is 0 Å². The fourth-order valence-corrected chi connectivity index (χ4v) is 1.58. The summed E-state index contributed by atoms with van der Waals surface area (Å²) in [5.41, 5.74) is 1.78. The van der Waals surface area contributed by atoms with Crippen LogP contribution in [0.5, 0.6) is 11.5 Å². The van der Waals surface area contributed by atoms with Crippen LogP contribution in [0, 0.1) is 0 Å². The molecule has 0 fully saturated rings. The first kappa shape index (κ1) is 12.4. The molecule has 4 nitrogen and oxygen atoms in total. The van der Waals surface area contributed by atoms with Crippen molar-refractivity contribution in [3.05, 3.63) is 48.3 Å². The Balaban J connectivity index is 2.25. The first-order valence-electron chi connectivity index (χ1n) is 5.69. The van der Waals surface area contributed by atoms with Gasteiger partial charge in [-0.05, 0) is 18.2 Å². The smallest absolute Gasteiger partial charge is 0.151 e. The molecule has 0 unspecified atom stereocenters. The minimum Gasteiger partial charge on any atom is -0.455 e. The van der Waals surface area contributed by atoms with Crippen molar-refractivity contribution in [3.8, 4) is 11.5 Å². The lowest BCUT2D eigenvalue weighted by Crippen LogP contribution is -2.08. The molecule has 1 aromatic heterocycles. The number of aromatic nitrogens is 1. The second-order valence-corrected chi connectivity index (χ2v) is 4.14. The summed E-state index contributed by atoms with van der Waals surface area (Å²) >= 11 is 0. The zero-order valence-electron chi connectivity index (χ0n) is 10.5. The third-order valence-corrected chi connectivity index (χ3v) is 2.60. The fraction of sp³-hybridized carbons (Fsp3) is 0.214. The van der Waals surface area contributed by atoms with Gasteiger partial charge in [-0.3, -0.25) is 4.98 Å². The van der Waals surface area contributed by atoms with Gasteiger partial charge in [-0.2, -0.15) is 0 Å². The summed E-state index contributed by atoms with van der Waals surface area (Å²) in [4.78, 5) is 6.00. The highest BCUT2D eigenvalue weighted by Gasteiger charge is 2.05. The third kappa shape index (κ3) is 2.78. The summed E-state index contributed by atoms with van der Waals surface area (Å²) in [5.74, 6) is 1.31. The number of pyridine rings is 1.